The zero-order valence-corrected chi connectivity index (χ0v) is 19.3. The van der Waals surface area contributed by atoms with Crippen LogP contribution in [-0.4, -0.2) is 34.1 Å². The third-order valence-corrected chi connectivity index (χ3v) is 7.99. The maximum atomic E-state index is 14.4. The summed E-state index contributed by atoms with van der Waals surface area (Å²) in [6.07, 6.45) is 1.72. The summed E-state index contributed by atoms with van der Waals surface area (Å²) in [6.45, 7) is 2.66. The third kappa shape index (κ3) is 3.01. The molecule has 2 fully saturated rings. The van der Waals surface area contributed by atoms with Crippen molar-refractivity contribution < 1.29 is 14.5 Å². The molecule has 3 aliphatic rings. The fourth-order valence-electron chi connectivity index (χ4n) is 6.63. The number of anilines is 1. The van der Waals surface area contributed by atoms with E-state index in [1.54, 1.807) is 12.1 Å². The minimum Gasteiger partial charge on any atom is -0.324 e. The first kappa shape index (κ1) is 21.7. The number of Topliss-reactive ketones (excluding diaryl/α,β-unsaturated/α-hetero) is 1. The number of rotatable bonds is 4. The van der Waals surface area contributed by atoms with Crippen molar-refractivity contribution in [1.82, 2.24) is 4.90 Å². The lowest BCUT2D eigenvalue weighted by Gasteiger charge is -2.36. The van der Waals surface area contributed by atoms with Crippen LogP contribution in [0.2, 0.25) is 0 Å². The molecule has 0 saturated carbocycles. The van der Waals surface area contributed by atoms with Crippen molar-refractivity contribution in [2.24, 2.45) is 5.92 Å². The summed E-state index contributed by atoms with van der Waals surface area (Å²) < 4.78 is 0. The topological polar surface area (TPSA) is 92.5 Å². The number of nitrogens with one attached hydrogen (secondary N) is 1. The number of benzene rings is 3. The van der Waals surface area contributed by atoms with Crippen LogP contribution in [-0.2, 0) is 10.3 Å². The molecule has 1 amide bonds. The van der Waals surface area contributed by atoms with Crippen molar-refractivity contribution >= 4 is 23.1 Å². The quantitative estimate of drug-likeness (QED) is 0.338. The van der Waals surface area contributed by atoms with Gasteiger partial charge in [-0.25, -0.2) is 0 Å². The molecule has 3 aromatic rings. The predicted octanol–water partition coefficient (Wildman–Crippen LogP) is 4.81. The van der Waals surface area contributed by atoms with E-state index in [0.29, 0.717) is 12.1 Å². The Morgan fingerprint density at radius 3 is 2.63 bits per heavy atom. The number of para-hydroxylation sites is 1. The van der Waals surface area contributed by atoms with E-state index in [1.165, 1.54) is 6.07 Å². The van der Waals surface area contributed by atoms with E-state index in [1.807, 2.05) is 61.5 Å². The van der Waals surface area contributed by atoms with E-state index in [0.717, 1.165) is 35.2 Å². The number of nitro groups is 1. The van der Waals surface area contributed by atoms with Crippen molar-refractivity contribution in [1.29, 1.82) is 0 Å². The number of non-ortho nitro benzene ring substituents is 1. The minimum atomic E-state index is -1.16. The largest absolute Gasteiger partial charge is 0.324 e. The van der Waals surface area contributed by atoms with Crippen LogP contribution < -0.4 is 5.32 Å². The number of amides is 1. The van der Waals surface area contributed by atoms with Gasteiger partial charge in [-0.2, -0.15) is 0 Å². The van der Waals surface area contributed by atoms with Crippen LogP contribution in [0.25, 0.3) is 0 Å². The number of aryl methyl sites for hydroxylation is 1. The maximum Gasteiger partial charge on any atom is 0.269 e. The van der Waals surface area contributed by atoms with Crippen LogP contribution in [0, 0.1) is 23.0 Å². The number of hydrogen-bond acceptors (Lipinski definition) is 5. The van der Waals surface area contributed by atoms with Gasteiger partial charge in [0.2, 0.25) is 5.91 Å². The maximum absolute atomic E-state index is 14.4. The number of hydrogen-bond donors (Lipinski definition) is 1. The molecular weight excluding hydrogens is 442 g/mol. The van der Waals surface area contributed by atoms with E-state index in [9.17, 15) is 19.7 Å². The van der Waals surface area contributed by atoms with E-state index in [4.69, 9.17) is 0 Å². The first-order valence-electron chi connectivity index (χ1n) is 12.0. The summed E-state index contributed by atoms with van der Waals surface area (Å²) in [5, 5.41) is 14.6. The van der Waals surface area contributed by atoms with Gasteiger partial charge in [0.05, 0.1) is 10.8 Å². The highest BCUT2D eigenvalue weighted by Gasteiger charge is 2.69. The number of fused-ring (bicyclic) bond motifs is 4. The SMILES string of the molecule is Cc1ccc(C(=O)C2C(c3cccc([N+](=O)[O-])c3)C3CCCN3[C@@]23C(=O)Nc2ccccc23)cc1. The van der Waals surface area contributed by atoms with Gasteiger partial charge in [-0.15, -0.1) is 0 Å². The number of carbonyl (C=O) groups excluding carboxylic acids is 2. The molecule has 3 aromatic carbocycles. The normalized spacial score (nSPS) is 27.0. The highest BCUT2D eigenvalue weighted by molar-refractivity contribution is 6.12. The van der Waals surface area contributed by atoms with Gasteiger partial charge in [0.25, 0.3) is 5.69 Å². The summed E-state index contributed by atoms with van der Waals surface area (Å²) in [6, 6.07) is 21.5. The molecule has 0 aliphatic carbocycles. The Bertz CT molecular complexity index is 1370. The highest BCUT2D eigenvalue weighted by atomic mass is 16.6. The van der Waals surface area contributed by atoms with E-state index < -0.39 is 16.4 Å². The van der Waals surface area contributed by atoms with E-state index >= 15 is 0 Å². The van der Waals surface area contributed by atoms with Gasteiger partial charge in [0.1, 0.15) is 5.54 Å². The summed E-state index contributed by atoms with van der Waals surface area (Å²) in [5.41, 5.74) is 2.70. The van der Waals surface area contributed by atoms with Crippen LogP contribution in [0.5, 0.6) is 0 Å². The average molecular weight is 468 g/mol. The van der Waals surface area contributed by atoms with Crippen LogP contribution in [0.1, 0.15) is 45.8 Å². The van der Waals surface area contributed by atoms with Crippen molar-refractivity contribution in [2.75, 3.05) is 11.9 Å². The lowest BCUT2D eigenvalue weighted by molar-refractivity contribution is -0.384. The van der Waals surface area contributed by atoms with Crippen molar-refractivity contribution in [3.8, 4) is 0 Å². The van der Waals surface area contributed by atoms with Gasteiger partial charge in [-0.3, -0.25) is 24.6 Å². The average Bonchev–Trinajstić information content (AvgIpc) is 3.52. The molecule has 7 heteroatoms. The minimum absolute atomic E-state index is 0.00851. The number of ketones is 1. The molecule has 176 valence electrons. The Morgan fingerprint density at radius 1 is 1.09 bits per heavy atom. The molecule has 4 atom stereocenters. The molecule has 3 unspecified atom stereocenters. The van der Waals surface area contributed by atoms with Gasteiger partial charge in [0.15, 0.2) is 5.78 Å². The van der Waals surface area contributed by atoms with Gasteiger partial charge in [-0.05, 0) is 37.9 Å². The summed E-state index contributed by atoms with van der Waals surface area (Å²) in [7, 11) is 0. The molecule has 1 N–H and O–H groups in total. The molecule has 1 spiro atoms. The van der Waals surface area contributed by atoms with E-state index in [-0.39, 0.29) is 29.3 Å². The number of nitro benzene ring substituents is 1. The summed E-state index contributed by atoms with van der Waals surface area (Å²) >= 11 is 0. The van der Waals surface area contributed by atoms with Gasteiger partial charge in [-0.1, -0.05) is 60.2 Å². The summed E-state index contributed by atoms with van der Waals surface area (Å²) in [5.74, 6) is -1.38. The lowest BCUT2D eigenvalue weighted by atomic mass is 9.68. The van der Waals surface area contributed by atoms with Crippen molar-refractivity contribution in [2.45, 2.75) is 37.3 Å². The Morgan fingerprint density at radius 2 is 1.86 bits per heavy atom. The second-order valence-corrected chi connectivity index (χ2v) is 9.75. The third-order valence-electron chi connectivity index (χ3n) is 7.99. The standard InChI is InChI=1S/C28H25N3O4/c1-17-11-13-18(14-12-17)26(32)25-24(19-6-4-7-20(16-19)31(34)35)23-10-5-15-30(23)28(25)21-8-2-3-9-22(21)29-27(28)33/h2-4,6-9,11-14,16,23-25H,5,10,15H2,1H3,(H,29,33)/t23?,24?,25?,28-/m1/s1. The molecule has 2 saturated heterocycles. The first-order chi connectivity index (χ1) is 16.9. The molecule has 0 aromatic heterocycles. The number of carbonyl (C=O) groups is 2. The lowest BCUT2D eigenvalue weighted by Crippen LogP contribution is -2.52. The van der Waals surface area contributed by atoms with Gasteiger partial charge in [0, 0.05) is 40.9 Å². The molecule has 7 nitrogen and oxygen atoms in total. The van der Waals surface area contributed by atoms with E-state index in [2.05, 4.69) is 10.2 Å². The Labute approximate surface area is 202 Å². The van der Waals surface area contributed by atoms with Crippen LogP contribution in [0.3, 0.4) is 0 Å². The molecule has 6 rings (SSSR count). The molecule has 0 radical (unpaired) electrons. The van der Waals surface area contributed by atoms with Crippen LogP contribution in [0.4, 0.5) is 11.4 Å². The highest BCUT2D eigenvalue weighted by Crippen LogP contribution is 2.61. The predicted molar refractivity (Wildman–Crippen MR) is 131 cm³/mol. The fourth-order valence-corrected chi connectivity index (χ4v) is 6.63. The molecule has 3 aliphatic heterocycles. The monoisotopic (exact) mass is 467 g/mol. The Hall–Kier alpha value is -3.84. The zero-order valence-electron chi connectivity index (χ0n) is 19.3. The molecule has 3 heterocycles. The number of nitrogens with zero attached hydrogens (tertiary/aromatic N) is 2. The zero-order chi connectivity index (χ0) is 24.3. The smallest absolute Gasteiger partial charge is 0.269 e. The molecule has 0 bridgehead atoms. The van der Waals surface area contributed by atoms with Gasteiger partial charge < -0.3 is 5.32 Å². The van der Waals surface area contributed by atoms with Crippen molar-refractivity contribution in [3.63, 3.8) is 0 Å². The van der Waals surface area contributed by atoms with Crippen LogP contribution in [0.15, 0.2) is 72.8 Å². The van der Waals surface area contributed by atoms with Crippen molar-refractivity contribution in [3.05, 3.63) is 105 Å². The second-order valence-electron chi connectivity index (χ2n) is 9.75. The van der Waals surface area contributed by atoms with Gasteiger partial charge >= 0.3 is 0 Å². The summed E-state index contributed by atoms with van der Waals surface area (Å²) in [4.78, 5) is 41.7. The van der Waals surface area contributed by atoms with Crippen LogP contribution >= 0.6 is 0 Å². The fraction of sp³-hybridized carbons (Fsp3) is 0.286. The Balaban J connectivity index is 1.61. The molecular formula is C28H25N3O4. The molecule has 35 heavy (non-hydrogen) atoms. The second kappa shape index (κ2) is 7.85. The first-order valence-corrected chi connectivity index (χ1v) is 12.0. The Kier molecular flexibility index (Phi) is 4.86.